The second kappa shape index (κ2) is 5.60. The summed E-state index contributed by atoms with van der Waals surface area (Å²) in [5.74, 6) is 0. The van der Waals surface area contributed by atoms with E-state index in [1.54, 1.807) is 7.11 Å². The SMILES string of the molecule is COC1CCC(n2ncc([N+](=O)[O-])c2C(F)F)CC1. The second-order valence-corrected chi connectivity index (χ2v) is 4.58. The maximum Gasteiger partial charge on any atom is 0.316 e. The number of halogens is 2. The molecule has 19 heavy (non-hydrogen) atoms. The Bertz CT molecular complexity index is 456. The van der Waals surface area contributed by atoms with Gasteiger partial charge in [0.1, 0.15) is 6.20 Å². The molecule has 1 aliphatic carbocycles. The number of nitrogens with zero attached hydrogens (tertiary/aromatic N) is 3. The lowest BCUT2D eigenvalue weighted by Gasteiger charge is -2.28. The van der Waals surface area contributed by atoms with Crippen LogP contribution in [0.2, 0.25) is 0 Å². The number of hydrogen-bond acceptors (Lipinski definition) is 4. The van der Waals surface area contributed by atoms with Crippen LogP contribution in [0.5, 0.6) is 0 Å². The van der Waals surface area contributed by atoms with Crippen LogP contribution < -0.4 is 0 Å². The van der Waals surface area contributed by atoms with Crippen LogP contribution in [-0.2, 0) is 4.74 Å². The molecule has 1 heterocycles. The molecule has 1 aromatic rings. The third-order valence-corrected chi connectivity index (χ3v) is 3.54. The Hall–Kier alpha value is -1.57. The van der Waals surface area contributed by atoms with Crippen molar-refractivity contribution in [2.75, 3.05) is 7.11 Å². The van der Waals surface area contributed by atoms with Gasteiger partial charge in [-0.3, -0.25) is 14.8 Å². The van der Waals surface area contributed by atoms with E-state index >= 15 is 0 Å². The van der Waals surface area contributed by atoms with Crippen molar-refractivity contribution < 1.29 is 18.4 Å². The van der Waals surface area contributed by atoms with Crippen LogP contribution in [0.3, 0.4) is 0 Å². The number of nitro groups is 1. The van der Waals surface area contributed by atoms with Crippen LogP contribution >= 0.6 is 0 Å². The summed E-state index contributed by atoms with van der Waals surface area (Å²) in [6, 6.07) is -0.218. The topological polar surface area (TPSA) is 70.2 Å². The molecule has 1 aliphatic rings. The Morgan fingerprint density at radius 2 is 2.11 bits per heavy atom. The van der Waals surface area contributed by atoms with E-state index in [1.165, 1.54) is 0 Å². The molecule has 0 aliphatic heterocycles. The molecule has 0 saturated heterocycles. The fraction of sp³-hybridized carbons (Fsp3) is 0.727. The molecule has 1 saturated carbocycles. The summed E-state index contributed by atoms with van der Waals surface area (Å²) in [4.78, 5) is 9.91. The first-order valence-corrected chi connectivity index (χ1v) is 6.07. The minimum atomic E-state index is -2.90. The van der Waals surface area contributed by atoms with E-state index in [1.807, 2.05) is 0 Å². The van der Waals surface area contributed by atoms with E-state index in [0.717, 1.165) is 23.7 Å². The van der Waals surface area contributed by atoms with Crippen molar-refractivity contribution in [2.45, 2.75) is 44.3 Å². The van der Waals surface area contributed by atoms with Crippen molar-refractivity contribution in [1.82, 2.24) is 9.78 Å². The highest BCUT2D eigenvalue weighted by Crippen LogP contribution is 2.36. The van der Waals surface area contributed by atoms with E-state index in [0.29, 0.717) is 12.8 Å². The van der Waals surface area contributed by atoms with Crippen molar-refractivity contribution in [1.29, 1.82) is 0 Å². The molecule has 0 atom stereocenters. The van der Waals surface area contributed by atoms with E-state index in [2.05, 4.69) is 5.10 Å². The summed E-state index contributed by atoms with van der Waals surface area (Å²) in [5.41, 5.74) is -1.20. The summed E-state index contributed by atoms with van der Waals surface area (Å²) in [5, 5.41) is 14.5. The molecule has 0 spiro atoms. The Labute approximate surface area is 108 Å². The van der Waals surface area contributed by atoms with Gasteiger partial charge < -0.3 is 4.74 Å². The predicted molar refractivity (Wildman–Crippen MR) is 62.1 cm³/mol. The van der Waals surface area contributed by atoms with Gasteiger partial charge in [-0.15, -0.1) is 0 Å². The highest BCUT2D eigenvalue weighted by Gasteiger charge is 2.32. The molecule has 2 rings (SSSR count). The summed E-state index contributed by atoms with van der Waals surface area (Å²) in [7, 11) is 1.62. The van der Waals surface area contributed by atoms with E-state index in [4.69, 9.17) is 4.74 Å². The average molecular weight is 275 g/mol. The third-order valence-electron chi connectivity index (χ3n) is 3.54. The Balaban J connectivity index is 2.23. The first-order valence-electron chi connectivity index (χ1n) is 6.07. The summed E-state index contributed by atoms with van der Waals surface area (Å²) in [6.07, 6.45) is 0.910. The zero-order valence-electron chi connectivity index (χ0n) is 10.5. The zero-order chi connectivity index (χ0) is 14.0. The first kappa shape index (κ1) is 13.9. The Morgan fingerprint density at radius 3 is 2.58 bits per heavy atom. The second-order valence-electron chi connectivity index (χ2n) is 4.58. The van der Waals surface area contributed by atoms with Gasteiger partial charge in [0.2, 0.25) is 0 Å². The Morgan fingerprint density at radius 1 is 1.47 bits per heavy atom. The van der Waals surface area contributed by atoms with Gasteiger partial charge >= 0.3 is 5.69 Å². The molecule has 0 bridgehead atoms. The molecule has 106 valence electrons. The van der Waals surface area contributed by atoms with Gasteiger partial charge in [-0.25, -0.2) is 8.78 Å². The Kier molecular flexibility index (Phi) is 4.08. The van der Waals surface area contributed by atoms with Crippen molar-refractivity contribution in [3.8, 4) is 0 Å². The number of rotatable bonds is 4. The van der Waals surface area contributed by atoms with E-state index < -0.39 is 22.7 Å². The molecular formula is C11H15F2N3O3. The number of alkyl halides is 2. The van der Waals surface area contributed by atoms with Crippen molar-refractivity contribution in [3.63, 3.8) is 0 Å². The maximum absolute atomic E-state index is 13.0. The number of ether oxygens (including phenoxy) is 1. The monoisotopic (exact) mass is 275 g/mol. The normalized spacial score (nSPS) is 23.8. The van der Waals surface area contributed by atoms with Crippen molar-refractivity contribution >= 4 is 5.69 Å². The quantitative estimate of drug-likeness (QED) is 0.625. The third kappa shape index (κ3) is 2.73. The number of methoxy groups -OCH3 is 1. The average Bonchev–Trinajstić information content (AvgIpc) is 2.83. The molecule has 0 radical (unpaired) electrons. The number of hydrogen-bond donors (Lipinski definition) is 0. The summed E-state index contributed by atoms with van der Waals surface area (Å²) >= 11 is 0. The van der Waals surface area contributed by atoms with Gasteiger partial charge in [0.25, 0.3) is 6.43 Å². The van der Waals surface area contributed by atoms with Gasteiger partial charge in [0.05, 0.1) is 17.1 Å². The largest absolute Gasteiger partial charge is 0.381 e. The smallest absolute Gasteiger partial charge is 0.316 e. The predicted octanol–water partition coefficient (Wildman–Crippen LogP) is 2.86. The summed E-state index contributed by atoms with van der Waals surface area (Å²) < 4.78 is 32.3. The van der Waals surface area contributed by atoms with E-state index in [-0.39, 0.29) is 12.1 Å². The molecule has 0 unspecified atom stereocenters. The highest BCUT2D eigenvalue weighted by molar-refractivity contribution is 5.34. The van der Waals surface area contributed by atoms with E-state index in [9.17, 15) is 18.9 Å². The lowest BCUT2D eigenvalue weighted by Crippen LogP contribution is -2.24. The fourth-order valence-corrected chi connectivity index (χ4v) is 2.53. The minimum Gasteiger partial charge on any atom is -0.381 e. The van der Waals surface area contributed by atoms with Crippen LogP contribution in [0, 0.1) is 10.1 Å². The lowest BCUT2D eigenvalue weighted by molar-refractivity contribution is -0.386. The van der Waals surface area contributed by atoms with Crippen LogP contribution in [0.25, 0.3) is 0 Å². The number of aromatic nitrogens is 2. The molecule has 8 heteroatoms. The van der Waals surface area contributed by atoms with Gasteiger partial charge in [0.15, 0.2) is 5.69 Å². The lowest BCUT2D eigenvalue weighted by atomic mass is 9.93. The molecule has 6 nitrogen and oxygen atoms in total. The van der Waals surface area contributed by atoms with Crippen LogP contribution in [-0.4, -0.2) is 27.9 Å². The van der Waals surface area contributed by atoms with Gasteiger partial charge in [-0.1, -0.05) is 0 Å². The van der Waals surface area contributed by atoms with Crippen LogP contribution in [0.15, 0.2) is 6.20 Å². The van der Waals surface area contributed by atoms with Crippen LogP contribution in [0.4, 0.5) is 14.5 Å². The molecule has 0 N–H and O–H groups in total. The van der Waals surface area contributed by atoms with Crippen molar-refractivity contribution in [3.05, 3.63) is 22.0 Å². The fourth-order valence-electron chi connectivity index (χ4n) is 2.53. The van der Waals surface area contributed by atoms with Gasteiger partial charge in [-0.05, 0) is 25.7 Å². The minimum absolute atomic E-state index is 0.136. The standard InChI is InChI=1S/C11H15F2N3O3/c1-19-8-4-2-7(3-5-8)15-10(11(12)13)9(6-14-15)16(17)18/h6-8,11H,2-5H2,1H3. The summed E-state index contributed by atoms with van der Waals surface area (Å²) in [6.45, 7) is 0. The molecule has 1 aromatic heterocycles. The maximum atomic E-state index is 13.0. The molecule has 0 aromatic carbocycles. The van der Waals surface area contributed by atoms with Crippen molar-refractivity contribution in [2.24, 2.45) is 0 Å². The molecule has 0 amide bonds. The zero-order valence-corrected chi connectivity index (χ0v) is 10.5. The molecule has 1 fully saturated rings. The molecular weight excluding hydrogens is 260 g/mol. The van der Waals surface area contributed by atoms with Gasteiger partial charge in [0, 0.05) is 7.11 Å². The van der Waals surface area contributed by atoms with Gasteiger partial charge in [-0.2, -0.15) is 5.10 Å². The first-order chi connectivity index (χ1) is 9.04. The highest BCUT2D eigenvalue weighted by atomic mass is 19.3. The van der Waals surface area contributed by atoms with Crippen LogP contribution in [0.1, 0.15) is 43.8 Å².